The van der Waals surface area contributed by atoms with Crippen LogP contribution in [-0.4, -0.2) is 18.8 Å². The first-order valence-electron chi connectivity index (χ1n) is 11.8. The summed E-state index contributed by atoms with van der Waals surface area (Å²) in [4.78, 5) is 0. The molecule has 0 heterocycles. The fourth-order valence-electron chi connectivity index (χ4n) is 4.08. The van der Waals surface area contributed by atoms with E-state index in [0.717, 1.165) is 31.2 Å². The molecule has 0 bridgehead atoms. The van der Waals surface area contributed by atoms with Crippen molar-refractivity contribution in [2.45, 2.75) is 24.4 Å². The molecule has 0 amide bonds. The molecular weight excluding hydrogens is 651 g/mol. The molecule has 0 aliphatic rings. The van der Waals surface area contributed by atoms with Crippen LogP contribution in [0.3, 0.4) is 0 Å². The molecule has 0 spiro atoms. The van der Waals surface area contributed by atoms with Crippen molar-refractivity contribution < 1.29 is 9.47 Å². The van der Waals surface area contributed by atoms with Crippen molar-refractivity contribution in [2.75, 3.05) is 6.61 Å². The van der Waals surface area contributed by atoms with Gasteiger partial charge >= 0.3 is 0 Å². The Morgan fingerprint density at radius 3 is 1.63 bits per heavy atom. The van der Waals surface area contributed by atoms with Gasteiger partial charge in [-0.15, -0.1) is 0 Å². The molecule has 4 atom stereocenters. The minimum absolute atomic E-state index is 0.0721. The summed E-state index contributed by atoms with van der Waals surface area (Å²) < 4.78 is 14.5. The van der Waals surface area contributed by atoms with E-state index in [0.29, 0.717) is 10.0 Å². The number of hydrogen-bond donors (Lipinski definition) is 1. The smallest absolute Gasteiger partial charge is 0.162 e. The van der Waals surface area contributed by atoms with E-state index in [2.05, 4.69) is 37.9 Å². The van der Waals surface area contributed by atoms with E-state index in [1.165, 1.54) is 0 Å². The second kappa shape index (κ2) is 13.7. The van der Waals surface area contributed by atoms with E-state index < -0.39 is 24.4 Å². The lowest BCUT2D eigenvalue weighted by atomic mass is 10.0. The maximum absolute atomic E-state index is 10.1. The van der Waals surface area contributed by atoms with Gasteiger partial charge in [0, 0.05) is 19.0 Å². The first-order valence-corrected chi connectivity index (χ1v) is 14.1. The van der Waals surface area contributed by atoms with Crippen molar-refractivity contribution in [3.63, 3.8) is 0 Å². The first-order chi connectivity index (χ1) is 18.3. The third-order valence-corrected chi connectivity index (χ3v) is 7.32. The lowest BCUT2D eigenvalue weighted by Gasteiger charge is -2.27. The van der Waals surface area contributed by atoms with Crippen LogP contribution in [0.2, 0.25) is 10.0 Å². The molecule has 0 radical (unpaired) electrons. The zero-order valence-electron chi connectivity index (χ0n) is 20.1. The number of benzene rings is 4. The van der Waals surface area contributed by atoms with Gasteiger partial charge in [-0.1, -0.05) is 104 Å². The third kappa shape index (κ3) is 7.68. The summed E-state index contributed by atoms with van der Waals surface area (Å²) >= 11 is 19.6. The topological polar surface area (TPSA) is 68.3 Å². The van der Waals surface area contributed by atoms with Gasteiger partial charge in [-0.2, -0.15) is 5.26 Å². The molecular formula is C30H24Br2Cl2N2O2. The summed E-state index contributed by atoms with van der Waals surface area (Å²) in [5.74, 6) is 0. The van der Waals surface area contributed by atoms with Crippen LogP contribution in [0, 0.1) is 11.3 Å². The van der Waals surface area contributed by atoms with Crippen LogP contribution in [-0.2, 0) is 9.47 Å². The summed E-state index contributed by atoms with van der Waals surface area (Å²) in [5.41, 5.74) is 9.99. The number of halogens is 4. The Labute approximate surface area is 249 Å². The number of hydrogen-bond acceptors (Lipinski definition) is 4. The van der Waals surface area contributed by atoms with Gasteiger partial charge in [0.1, 0.15) is 12.2 Å². The van der Waals surface area contributed by atoms with E-state index in [9.17, 15) is 5.26 Å². The van der Waals surface area contributed by atoms with Crippen molar-refractivity contribution in [3.05, 3.63) is 138 Å². The zero-order valence-corrected chi connectivity index (χ0v) is 24.8. The van der Waals surface area contributed by atoms with Crippen molar-refractivity contribution in [3.8, 4) is 6.07 Å². The molecule has 0 saturated carbocycles. The molecule has 4 nitrogen and oxygen atoms in total. The Hall–Kier alpha value is -2.21. The van der Waals surface area contributed by atoms with E-state index in [-0.39, 0.29) is 6.61 Å². The monoisotopic (exact) mass is 672 g/mol. The minimum Gasteiger partial charge on any atom is -0.367 e. The highest BCUT2D eigenvalue weighted by Crippen LogP contribution is 2.33. The van der Waals surface area contributed by atoms with Gasteiger partial charge in [0.05, 0.1) is 18.7 Å². The van der Waals surface area contributed by atoms with Gasteiger partial charge in [0.15, 0.2) is 6.10 Å². The van der Waals surface area contributed by atoms with Crippen LogP contribution >= 0.6 is 55.1 Å². The highest BCUT2D eigenvalue weighted by atomic mass is 79.9. The molecule has 0 aromatic heterocycles. The summed E-state index contributed by atoms with van der Waals surface area (Å²) in [7, 11) is 0. The second-order valence-corrected chi connectivity index (χ2v) is 11.4. The molecule has 0 aliphatic carbocycles. The third-order valence-electron chi connectivity index (χ3n) is 5.86. The van der Waals surface area contributed by atoms with Crippen LogP contribution in [0.4, 0.5) is 0 Å². The van der Waals surface area contributed by atoms with Crippen LogP contribution in [0.5, 0.6) is 0 Å². The number of ether oxygens (including phenoxy) is 2. The summed E-state index contributed by atoms with van der Waals surface area (Å²) in [6, 6.07) is 31.9. The van der Waals surface area contributed by atoms with Crippen molar-refractivity contribution in [1.82, 2.24) is 0 Å². The maximum Gasteiger partial charge on any atom is 0.162 e. The molecule has 0 aliphatic heterocycles. The SMILES string of the molecule is N#CC(OC(c1cccc(Cl)c1)c1cccc(Br)c1)C(N)COC(c1cccc(Cl)c1)c1cccc(Br)c1. The highest BCUT2D eigenvalue weighted by Gasteiger charge is 2.27. The normalized spacial score (nSPS) is 14.3. The predicted octanol–water partition coefficient (Wildman–Crippen LogP) is 8.65. The molecule has 8 heteroatoms. The largest absolute Gasteiger partial charge is 0.367 e. The number of nitrogens with two attached hydrogens (primary N) is 1. The van der Waals surface area contributed by atoms with E-state index >= 15 is 0 Å². The molecule has 194 valence electrons. The van der Waals surface area contributed by atoms with E-state index in [1.54, 1.807) is 6.07 Å². The first kappa shape index (κ1) is 28.8. The summed E-state index contributed by atoms with van der Waals surface area (Å²) in [6.45, 7) is 0.0721. The van der Waals surface area contributed by atoms with Gasteiger partial charge in [-0.25, -0.2) is 0 Å². The average Bonchev–Trinajstić information content (AvgIpc) is 2.89. The lowest BCUT2D eigenvalue weighted by Crippen LogP contribution is -2.41. The zero-order chi connectivity index (χ0) is 27.1. The van der Waals surface area contributed by atoms with E-state index in [4.69, 9.17) is 38.4 Å². The summed E-state index contributed by atoms with van der Waals surface area (Å²) in [6.07, 6.45) is -1.96. The highest BCUT2D eigenvalue weighted by molar-refractivity contribution is 9.10. The molecule has 4 rings (SSSR count). The van der Waals surface area contributed by atoms with Gasteiger partial charge in [-0.05, 0) is 70.8 Å². The van der Waals surface area contributed by atoms with Gasteiger partial charge < -0.3 is 15.2 Å². The van der Waals surface area contributed by atoms with Crippen LogP contribution in [0.1, 0.15) is 34.5 Å². The van der Waals surface area contributed by atoms with Crippen LogP contribution in [0.15, 0.2) is 106 Å². The Morgan fingerprint density at radius 1 is 0.711 bits per heavy atom. The predicted molar refractivity (Wildman–Crippen MR) is 159 cm³/mol. The Balaban J connectivity index is 1.57. The average molecular weight is 675 g/mol. The number of nitrogens with zero attached hydrogens (tertiary/aromatic N) is 1. The Kier molecular flexibility index (Phi) is 10.4. The molecule has 2 N–H and O–H groups in total. The molecule has 38 heavy (non-hydrogen) atoms. The van der Waals surface area contributed by atoms with Crippen molar-refractivity contribution in [1.29, 1.82) is 5.26 Å². The van der Waals surface area contributed by atoms with Crippen LogP contribution in [0.25, 0.3) is 0 Å². The Bertz CT molecular complexity index is 1340. The van der Waals surface area contributed by atoms with Gasteiger partial charge in [0.2, 0.25) is 0 Å². The van der Waals surface area contributed by atoms with Crippen LogP contribution < -0.4 is 5.73 Å². The minimum atomic E-state index is -0.958. The van der Waals surface area contributed by atoms with Crippen molar-refractivity contribution in [2.24, 2.45) is 5.73 Å². The van der Waals surface area contributed by atoms with Gasteiger partial charge in [0.25, 0.3) is 0 Å². The molecule has 0 saturated heterocycles. The quantitative estimate of drug-likeness (QED) is 0.183. The molecule has 4 unspecified atom stereocenters. The van der Waals surface area contributed by atoms with E-state index in [1.807, 2.05) is 91.0 Å². The standard InChI is InChI=1S/C30H24Br2Cl2N2O2/c31-23-9-1-5-19(13-23)29(21-7-3-11-25(33)15-21)37-18-27(36)28(17-35)38-30(20-6-2-10-24(32)14-20)22-8-4-12-26(34)16-22/h1-16,27-30H,18,36H2. The summed E-state index contributed by atoms with van der Waals surface area (Å²) in [5, 5.41) is 11.2. The van der Waals surface area contributed by atoms with Gasteiger partial charge in [-0.3, -0.25) is 0 Å². The molecule has 0 fully saturated rings. The number of rotatable bonds is 10. The molecule has 4 aromatic rings. The Morgan fingerprint density at radius 2 is 1.16 bits per heavy atom. The second-order valence-electron chi connectivity index (χ2n) is 8.66. The number of nitriles is 1. The van der Waals surface area contributed by atoms with Crippen molar-refractivity contribution >= 4 is 55.1 Å². The maximum atomic E-state index is 10.1. The fraction of sp³-hybridized carbons (Fsp3) is 0.167. The fourth-order valence-corrected chi connectivity index (χ4v) is 5.31. The lowest BCUT2D eigenvalue weighted by molar-refractivity contribution is -0.00855. The molecule has 4 aromatic carbocycles.